The lowest BCUT2D eigenvalue weighted by Gasteiger charge is -2.23. The molecule has 0 radical (unpaired) electrons. The van der Waals surface area contributed by atoms with E-state index in [0.717, 1.165) is 0 Å². The summed E-state index contributed by atoms with van der Waals surface area (Å²) >= 11 is 0. The molecule has 0 aromatic carbocycles. The smallest absolute Gasteiger partial charge is 0.419 e. The predicted octanol–water partition coefficient (Wildman–Crippen LogP) is 2.32. The fraction of sp³-hybridized carbons (Fsp3) is 0.286. The summed E-state index contributed by atoms with van der Waals surface area (Å²) in [4.78, 5) is 23.6. The zero-order valence-electron chi connectivity index (χ0n) is 12.6. The summed E-state index contributed by atoms with van der Waals surface area (Å²) in [6, 6.07) is 2.54. The number of pyridine rings is 1. The summed E-state index contributed by atoms with van der Waals surface area (Å²) in [6.45, 7) is 12.4. The average Bonchev–Trinajstić information content (AvgIpc) is 2.38. The molecule has 8 heteroatoms. The molecule has 7 nitrogen and oxygen atoms in total. The van der Waals surface area contributed by atoms with Crippen molar-refractivity contribution in [3.05, 3.63) is 46.7 Å². The van der Waals surface area contributed by atoms with Gasteiger partial charge in [-0.05, 0) is 23.1 Å². The third kappa shape index (κ3) is 3.64. The van der Waals surface area contributed by atoms with Crippen molar-refractivity contribution >= 4 is 27.4 Å². The number of aromatic nitrogens is 1. The van der Waals surface area contributed by atoms with Gasteiger partial charge < -0.3 is 5.11 Å². The van der Waals surface area contributed by atoms with Crippen LogP contribution in [-0.2, 0) is 10.0 Å². The quantitative estimate of drug-likeness (QED) is 0.883. The van der Waals surface area contributed by atoms with E-state index in [1.807, 2.05) is 25.5 Å². The summed E-state index contributed by atoms with van der Waals surface area (Å²) in [5.41, 5.74) is -1.31. The number of carboxylic acid groups (broad SMARTS) is 1. The van der Waals surface area contributed by atoms with E-state index in [-0.39, 0.29) is 11.4 Å². The van der Waals surface area contributed by atoms with E-state index >= 15 is 0 Å². The Morgan fingerprint density at radius 2 is 1.91 bits per heavy atom. The van der Waals surface area contributed by atoms with Gasteiger partial charge in [0.15, 0.2) is 0 Å². The molecule has 0 unspecified atom stereocenters. The molecule has 22 heavy (non-hydrogen) atoms. The number of anilines is 1. The van der Waals surface area contributed by atoms with Gasteiger partial charge in [0.25, 0.3) is 15.6 Å². The van der Waals surface area contributed by atoms with Crippen molar-refractivity contribution in [2.75, 3.05) is 4.72 Å². The first-order valence-electron chi connectivity index (χ1n) is 6.25. The SMILES string of the molecule is C=CS(=O)(=O)Nc1ccc(C(=C)C(C)(C)C)n(C(=O)O)c1=O. The van der Waals surface area contributed by atoms with Gasteiger partial charge in [-0.25, -0.2) is 17.8 Å². The second kappa shape index (κ2) is 5.80. The Hall–Kier alpha value is -2.35. The van der Waals surface area contributed by atoms with Gasteiger partial charge in [0.05, 0.1) is 5.69 Å². The summed E-state index contributed by atoms with van der Waals surface area (Å²) in [7, 11) is -3.91. The lowest BCUT2D eigenvalue weighted by Crippen LogP contribution is -2.32. The van der Waals surface area contributed by atoms with Crippen LogP contribution >= 0.6 is 0 Å². The lowest BCUT2D eigenvalue weighted by molar-refractivity contribution is 0.195. The van der Waals surface area contributed by atoms with E-state index in [0.29, 0.717) is 15.5 Å². The van der Waals surface area contributed by atoms with Crippen molar-refractivity contribution < 1.29 is 18.3 Å². The van der Waals surface area contributed by atoms with Crippen LogP contribution < -0.4 is 10.3 Å². The first kappa shape index (κ1) is 17.7. The van der Waals surface area contributed by atoms with Gasteiger partial charge in [-0.2, -0.15) is 0 Å². The number of allylic oxidation sites excluding steroid dienone is 1. The summed E-state index contributed by atoms with van der Waals surface area (Å²) in [6.07, 6.45) is -1.52. The number of nitrogens with zero attached hydrogens (tertiary/aromatic N) is 1. The topological polar surface area (TPSA) is 105 Å². The normalized spacial score (nSPS) is 11.8. The van der Waals surface area contributed by atoms with E-state index in [2.05, 4.69) is 13.2 Å². The largest absolute Gasteiger partial charge is 0.464 e. The Morgan fingerprint density at radius 3 is 2.32 bits per heavy atom. The fourth-order valence-electron chi connectivity index (χ4n) is 1.62. The first-order valence-corrected chi connectivity index (χ1v) is 7.79. The Labute approximate surface area is 128 Å². The van der Waals surface area contributed by atoms with Crippen molar-refractivity contribution in [1.82, 2.24) is 4.57 Å². The van der Waals surface area contributed by atoms with Crippen molar-refractivity contribution in [3.8, 4) is 0 Å². The molecule has 0 bridgehead atoms. The van der Waals surface area contributed by atoms with E-state index in [9.17, 15) is 23.1 Å². The van der Waals surface area contributed by atoms with Crippen molar-refractivity contribution in [1.29, 1.82) is 0 Å². The molecule has 0 saturated heterocycles. The molecule has 1 rings (SSSR count). The van der Waals surface area contributed by atoms with Crippen molar-refractivity contribution in [2.24, 2.45) is 5.41 Å². The van der Waals surface area contributed by atoms with Crippen LogP contribution in [0.25, 0.3) is 5.57 Å². The number of nitrogens with one attached hydrogen (secondary N) is 1. The maximum atomic E-state index is 12.2. The number of rotatable bonds is 4. The number of carbonyl (C=O) groups is 1. The predicted molar refractivity (Wildman–Crippen MR) is 85.4 cm³/mol. The fourth-order valence-corrected chi connectivity index (χ4v) is 2.17. The van der Waals surface area contributed by atoms with Crippen LogP contribution in [0.1, 0.15) is 26.5 Å². The highest BCUT2D eigenvalue weighted by Crippen LogP contribution is 2.32. The molecular formula is C14H18N2O5S. The molecule has 1 aromatic heterocycles. The van der Waals surface area contributed by atoms with Crippen LogP contribution in [0.4, 0.5) is 10.5 Å². The molecule has 0 atom stereocenters. The number of sulfonamides is 1. The van der Waals surface area contributed by atoms with Crippen LogP contribution in [0.3, 0.4) is 0 Å². The zero-order chi connectivity index (χ0) is 17.3. The monoisotopic (exact) mass is 326 g/mol. The summed E-state index contributed by atoms with van der Waals surface area (Å²) in [5, 5.41) is 9.89. The highest BCUT2D eigenvalue weighted by molar-refractivity contribution is 7.95. The maximum Gasteiger partial charge on any atom is 0.419 e. The average molecular weight is 326 g/mol. The van der Waals surface area contributed by atoms with Gasteiger partial charge in [-0.1, -0.05) is 33.9 Å². The molecule has 0 aliphatic heterocycles. The molecule has 120 valence electrons. The molecule has 0 amide bonds. The van der Waals surface area contributed by atoms with E-state index in [1.54, 1.807) is 0 Å². The van der Waals surface area contributed by atoms with E-state index in [1.165, 1.54) is 12.1 Å². The Bertz CT molecular complexity index is 798. The molecular weight excluding hydrogens is 308 g/mol. The highest BCUT2D eigenvalue weighted by atomic mass is 32.2. The van der Waals surface area contributed by atoms with Crippen LogP contribution in [0.2, 0.25) is 0 Å². The Balaban J connectivity index is 3.59. The van der Waals surface area contributed by atoms with Crippen molar-refractivity contribution in [3.63, 3.8) is 0 Å². The highest BCUT2D eigenvalue weighted by Gasteiger charge is 2.24. The summed E-state index contributed by atoms with van der Waals surface area (Å²) in [5.74, 6) is 0. The minimum atomic E-state index is -3.91. The van der Waals surface area contributed by atoms with Crippen LogP contribution in [0.5, 0.6) is 0 Å². The van der Waals surface area contributed by atoms with Gasteiger partial charge in [0, 0.05) is 5.41 Å². The number of hydrogen-bond donors (Lipinski definition) is 2. The number of hydrogen-bond acceptors (Lipinski definition) is 4. The first-order chi connectivity index (χ1) is 9.90. The van der Waals surface area contributed by atoms with Gasteiger partial charge in [-0.3, -0.25) is 9.52 Å². The molecule has 0 spiro atoms. The van der Waals surface area contributed by atoms with Crippen LogP contribution in [0.15, 0.2) is 35.5 Å². The second-order valence-electron chi connectivity index (χ2n) is 5.60. The molecule has 1 aromatic rings. The Kier molecular flexibility index (Phi) is 4.67. The standard InChI is InChI=1S/C14H18N2O5S/c1-6-22(20,21)15-10-7-8-11(9(2)14(3,4)5)16(12(10)17)13(18)19/h6-8,15H,1-2H2,3-5H3,(H,18,19). The Morgan fingerprint density at radius 1 is 1.36 bits per heavy atom. The van der Waals surface area contributed by atoms with Gasteiger partial charge in [0.2, 0.25) is 0 Å². The van der Waals surface area contributed by atoms with Crippen molar-refractivity contribution in [2.45, 2.75) is 20.8 Å². The van der Waals surface area contributed by atoms with Crippen LogP contribution in [-0.4, -0.2) is 24.2 Å². The maximum absolute atomic E-state index is 12.2. The van der Waals surface area contributed by atoms with Gasteiger partial charge in [0.1, 0.15) is 5.69 Å². The van der Waals surface area contributed by atoms with E-state index in [4.69, 9.17) is 0 Å². The van der Waals surface area contributed by atoms with Crippen LogP contribution in [0, 0.1) is 5.41 Å². The third-order valence-corrected chi connectivity index (χ3v) is 3.90. The minimum Gasteiger partial charge on any atom is -0.464 e. The summed E-state index contributed by atoms with van der Waals surface area (Å²) < 4.78 is 25.3. The molecule has 1 heterocycles. The second-order valence-corrected chi connectivity index (χ2v) is 7.23. The third-order valence-electron chi connectivity index (χ3n) is 2.96. The molecule has 0 aliphatic carbocycles. The van der Waals surface area contributed by atoms with Gasteiger partial charge >= 0.3 is 6.09 Å². The molecule has 0 aliphatic rings. The van der Waals surface area contributed by atoms with E-state index < -0.39 is 27.1 Å². The molecule has 2 N–H and O–H groups in total. The molecule has 0 fully saturated rings. The lowest BCUT2D eigenvalue weighted by atomic mass is 9.85. The molecule has 0 saturated carbocycles. The van der Waals surface area contributed by atoms with Gasteiger partial charge in [-0.15, -0.1) is 0 Å². The minimum absolute atomic E-state index is 0.103. The zero-order valence-corrected chi connectivity index (χ0v) is 13.4.